The molecule has 0 aliphatic rings. The van der Waals surface area contributed by atoms with Gasteiger partial charge in [0, 0.05) is 0 Å². The average Bonchev–Trinajstić information content (AvgIpc) is 1.65. The number of hydrogen-bond donors (Lipinski definition) is 1. The van der Waals surface area contributed by atoms with Gasteiger partial charge in [0.2, 0.25) is 0 Å². The normalized spacial score (nSPS) is 9.12. The van der Waals surface area contributed by atoms with Crippen molar-refractivity contribution < 1.29 is 62.3 Å². The van der Waals surface area contributed by atoms with E-state index >= 15 is 0 Å². The fourth-order valence-electron chi connectivity index (χ4n) is 0.158. The van der Waals surface area contributed by atoms with E-state index in [1.807, 2.05) is 0 Å². The molecule has 4 heteroatoms. The Kier molecular flexibility index (Phi) is 8.87. The van der Waals surface area contributed by atoms with E-state index in [-0.39, 0.29) is 51.4 Å². The van der Waals surface area contributed by atoms with Crippen LogP contribution in [0.5, 0.6) is 0 Å². The zero-order valence-electron chi connectivity index (χ0n) is 6.34. The Balaban J connectivity index is 0. The van der Waals surface area contributed by atoms with Crippen molar-refractivity contribution in [2.24, 2.45) is 0 Å². The van der Waals surface area contributed by atoms with E-state index in [4.69, 9.17) is 1.41 Å². The number of esters is 1. The van der Waals surface area contributed by atoms with E-state index in [0.29, 0.717) is 0 Å². The molecule has 0 aliphatic carbocycles. The number of carbonyl (C=O) groups excluding carboxylic acids is 1. The summed E-state index contributed by atoms with van der Waals surface area (Å²) in [7, 11) is 2.69. The van der Waals surface area contributed by atoms with Gasteiger partial charge in [0.15, 0.2) is 5.97 Å². The Bertz CT molecular complexity index is 88.6. The summed E-state index contributed by atoms with van der Waals surface area (Å²) in [6.07, 6.45) is 0. The molecule has 3 nitrogen and oxygen atoms in total. The third-order valence-electron chi connectivity index (χ3n) is 0.436. The minimum absolute atomic E-state index is 0. The Labute approximate surface area is 93.0 Å². The molecule has 0 aromatic heterocycles. The number of rotatable bonds is 2. The molecule has 0 saturated heterocycles. The van der Waals surface area contributed by atoms with Gasteiger partial charge in [0.1, 0.15) is 0 Å². The molecule has 0 aliphatic heterocycles. The minimum Gasteiger partial charge on any atom is -0.490 e. The van der Waals surface area contributed by atoms with Crippen molar-refractivity contribution in [3.8, 4) is 0 Å². The molecule has 0 aromatic carbocycles. The Morgan fingerprint density at radius 3 is 2.62 bits per heavy atom. The summed E-state index contributed by atoms with van der Waals surface area (Å²) in [5, 5.41) is 0.881. The maximum absolute atomic E-state index is 10.2. The first-order valence-electron chi connectivity index (χ1n) is 2.26. The van der Waals surface area contributed by atoms with Gasteiger partial charge in [0.25, 0.3) is 0 Å². The van der Waals surface area contributed by atoms with Gasteiger partial charge >= 0.3 is 51.4 Å². The minimum atomic E-state index is -0.512. The van der Waals surface area contributed by atoms with Crippen LogP contribution in [0.1, 0.15) is 0 Å². The summed E-state index contributed by atoms with van der Waals surface area (Å²) >= 11 is 0. The van der Waals surface area contributed by atoms with Gasteiger partial charge < -0.3 is 10.0 Å². The van der Waals surface area contributed by atoms with Crippen molar-refractivity contribution in [1.82, 2.24) is 5.31 Å². The standard InChI is InChI=1S/C4H8NO2.K/c1-5-3-4(6)7-2;/h3,5H,1-2H3;/q-1;+1/i/hD. The van der Waals surface area contributed by atoms with Crippen molar-refractivity contribution in [2.75, 3.05) is 14.2 Å². The molecule has 0 unspecified atom stereocenters. The van der Waals surface area contributed by atoms with Gasteiger partial charge in [-0.1, -0.05) is 0 Å². The molecule has 42 valence electrons. The summed E-state index contributed by atoms with van der Waals surface area (Å²) in [4.78, 5) is 10.2. The molecule has 0 spiro atoms. The summed E-state index contributed by atoms with van der Waals surface area (Å²) in [6, 6.07) is 0. The number of likely N-dealkylation sites (N-methyl/N-ethyl adjacent to an activating group) is 1. The van der Waals surface area contributed by atoms with E-state index in [0.717, 1.165) is 11.9 Å². The van der Waals surface area contributed by atoms with Gasteiger partial charge in [-0.05, 0) is 7.05 Å². The predicted molar refractivity (Wildman–Crippen MR) is 25.4 cm³/mol. The van der Waals surface area contributed by atoms with E-state index < -0.39 is 5.97 Å². The molecule has 0 aromatic rings. The Morgan fingerprint density at radius 2 is 2.50 bits per heavy atom. The molecule has 0 saturated carbocycles. The smallest absolute Gasteiger partial charge is 0.490 e. The quantitative estimate of drug-likeness (QED) is 0.247. The molecular formula is C4H8KNO2. The monoisotopic (exact) mass is 142 g/mol. The van der Waals surface area contributed by atoms with Crippen molar-refractivity contribution in [1.29, 1.82) is 0 Å². The molecule has 1 N–H and O–H groups in total. The number of carbonyl (C=O) groups is 1. The second-order valence-corrected chi connectivity index (χ2v) is 0.910. The van der Waals surface area contributed by atoms with Crippen LogP contribution >= 0.6 is 0 Å². The van der Waals surface area contributed by atoms with Crippen LogP contribution in [-0.4, -0.2) is 20.1 Å². The number of methoxy groups -OCH3 is 1. The average molecular weight is 142 g/mol. The number of nitrogens with one attached hydrogen (secondary N) is 1. The van der Waals surface area contributed by atoms with E-state index in [1.165, 1.54) is 14.2 Å². The number of ether oxygens (including phenoxy) is 1. The van der Waals surface area contributed by atoms with Crippen LogP contribution in [0.2, 0.25) is 1.41 Å². The molecule has 0 fully saturated rings. The van der Waals surface area contributed by atoms with Crippen LogP contribution < -0.4 is 56.7 Å². The first-order valence-corrected chi connectivity index (χ1v) is 1.81. The van der Waals surface area contributed by atoms with Crippen LogP contribution in [0, 0.1) is 6.54 Å². The summed E-state index contributed by atoms with van der Waals surface area (Å²) < 4.78 is 10.9. The first kappa shape index (κ1) is 8.94. The van der Waals surface area contributed by atoms with Crippen LogP contribution in [-0.2, 0) is 9.53 Å². The van der Waals surface area contributed by atoms with Crippen LogP contribution in [0.4, 0.5) is 0 Å². The maximum atomic E-state index is 10.2. The molecule has 0 bridgehead atoms. The molecule has 0 amide bonds. The van der Waals surface area contributed by atoms with Crippen molar-refractivity contribution >= 4 is 5.97 Å². The fraction of sp³-hybridized carbons (Fsp3) is 0.500. The van der Waals surface area contributed by atoms with Gasteiger partial charge in [0.05, 0.1) is 8.52 Å². The van der Waals surface area contributed by atoms with Crippen LogP contribution in [0.3, 0.4) is 0 Å². The first-order chi connectivity index (χ1) is 3.66. The maximum Gasteiger partial charge on any atom is 1.00 e. The van der Waals surface area contributed by atoms with Crippen molar-refractivity contribution in [2.45, 2.75) is 0 Å². The van der Waals surface area contributed by atoms with Crippen molar-refractivity contribution in [3.05, 3.63) is 6.54 Å². The largest absolute Gasteiger partial charge is 1.00 e. The Morgan fingerprint density at radius 1 is 2.00 bits per heavy atom. The summed E-state index contributed by atoms with van der Waals surface area (Å²) in [5.41, 5.74) is 0. The second kappa shape index (κ2) is 7.94. The molecule has 0 atom stereocenters. The zero-order valence-corrected chi connectivity index (χ0v) is 8.46. The molecule has 0 rings (SSSR count). The third-order valence-corrected chi connectivity index (χ3v) is 0.436. The predicted octanol–water partition coefficient (Wildman–Crippen LogP) is -3.46. The van der Waals surface area contributed by atoms with E-state index in [2.05, 4.69) is 4.74 Å². The Hall–Kier alpha value is 0.936. The topological polar surface area (TPSA) is 38.3 Å². The summed E-state index contributed by atoms with van der Waals surface area (Å²) in [6.45, 7) is 1.03. The van der Waals surface area contributed by atoms with Crippen LogP contribution in [0.25, 0.3) is 0 Å². The van der Waals surface area contributed by atoms with Crippen molar-refractivity contribution in [3.63, 3.8) is 0 Å². The zero-order chi connectivity index (χ0) is 6.57. The third kappa shape index (κ3) is 6.94. The van der Waals surface area contributed by atoms with E-state index in [1.54, 1.807) is 0 Å². The second-order valence-electron chi connectivity index (χ2n) is 0.910. The van der Waals surface area contributed by atoms with E-state index in [9.17, 15) is 4.79 Å². The SMILES string of the molecule is [2H]N(C)[CH-]C(=O)OC.[K+]. The molecular weight excluding hydrogens is 133 g/mol. The van der Waals surface area contributed by atoms with Crippen LogP contribution in [0.15, 0.2) is 0 Å². The fourth-order valence-corrected chi connectivity index (χ4v) is 0.158. The molecule has 0 radical (unpaired) electrons. The van der Waals surface area contributed by atoms with Gasteiger partial charge in [-0.2, -0.15) is 0 Å². The molecule has 8 heavy (non-hydrogen) atoms. The van der Waals surface area contributed by atoms with Gasteiger partial charge in [-0.25, -0.2) is 6.54 Å². The number of hydrogen-bond acceptors (Lipinski definition) is 3. The van der Waals surface area contributed by atoms with Gasteiger partial charge in [-0.15, -0.1) is 0 Å². The molecule has 0 heterocycles. The summed E-state index contributed by atoms with van der Waals surface area (Å²) in [5.74, 6) is -0.512. The van der Waals surface area contributed by atoms with Gasteiger partial charge in [-0.3, -0.25) is 4.79 Å².